The van der Waals surface area contributed by atoms with E-state index in [1.807, 2.05) is 61.5 Å². The highest BCUT2D eigenvalue weighted by Crippen LogP contribution is 2.64. The number of phenolic OH excluding ortho intramolecular Hbond substituents is 1. The van der Waals surface area contributed by atoms with Gasteiger partial charge in [-0.15, -0.1) is 11.3 Å². The number of imide groups is 2. The maximum absolute atomic E-state index is 15.1. The van der Waals surface area contributed by atoms with Crippen LogP contribution in [-0.4, -0.2) is 43.4 Å². The number of aromatic nitrogens is 2. The van der Waals surface area contributed by atoms with Gasteiger partial charge in [-0.25, -0.2) is 4.90 Å². The van der Waals surface area contributed by atoms with E-state index in [2.05, 4.69) is 0 Å². The lowest BCUT2D eigenvalue weighted by atomic mass is 9.51. The average molecular weight is 766 g/mol. The number of rotatable bonds is 5. The van der Waals surface area contributed by atoms with Crippen molar-refractivity contribution in [1.82, 2.24) is 14.7 Å². The van der Waals surface area contributed by atoms with Gasteiger partial charge in [0.25, 0.3) is 0 Å². The third kappa shape index (κ3) is 4.91. The average Bonchev–Trinajstić information content (AvgIpc) is 3.80. The van der Waals surface area contributed by atoms with E-state index in [0.717, 1.165) is 31.7 Å². The van der Waals surface area contributed by atoms with Crippen LogP contribution in [0.15, 0.2) is 84.4 Å². The number of benzene rings is 3. The highest BCUT2D eigenvalue weighted by molar-refractivity contribution is 7.22. The molecule has 2 aromatic heterocycles. The van der Waals surface area contributed by atoms with Gasteiger partial charge in [-0.05, 0) is 85.5 Å². The van der Waals surface area contributed by atoms with Gasteiger partial charge in [-0.1, -0.05) is 65.2 Å². The lowest BCUT2D eigenvalue weighted by molar-refractivity contribution is -0.141. The van der Waals surface area contributed by atoms with Crippen molar-refractivity contribution in [3.8, 4) is 16.3 Å². The zero-order chi connectivity index (χ0) is 37.1. The van der Waals surface area contributed by atoms with Crippen LogP contribution in [0.3, 0.4) is 0 Å². The van der Waals surface area contributed by atoms with Crippen LogP contribution < -0.4 is 4.90 Å². The summed E-state index contributed by atoms with van der Waals surface area (Å²) < 4.78 is 2.60. The van der Waals surface area contributed by atoms with Crippen LogP contribution in [0.25, 0.3) is 20.7 Å². The third-order valence-electron chi connectivity index (χ3n) is 12.1. The maximum atomic E-state index is 15.1. The highest BCUT2D eigenvalue weighted by atomic mass is 35.5. The summed E-state index contributed by atoms with van der Waals surface area (Å²) in [5.74, 6) is -4.53. The quantitative estimate of drug-likeness (QED) is 0.143. The number of likely N-dealkylation sites (tertiary alicyclic amines) is 1. The fraction of sp³-hybridized carbons (Fsp3) is 0.293. The summed E-state index contributed by atoms with van der Waals surface area (Å²) in [6.45, 7) is 3.95. The van der Waals surface area contributed by atoms with Crippen molar-refractivity contribution in [1.29, 1.82) is 0 Å². The molecule has 268 valence electrons. The second-order valence-electron chi connectivity index (χ2n) is 14.8. The van der Waals surface area contributed by atoms with E-state index in [1.54, 1.807) is 48.2 Å². The van der Waals surface area contributed by atoms with Crippen LogP contribution in [0.1, 0.15) is 42.4 Å². The van der Waals surface area contributed by atoms with Crippen molar-refractivity contribution < 1.29 is 24.3 Å². The summed E-state index contributed by atoms with van der Waals surface area (Å²) in [5.41, 5.74) is 2.30. The van der Waals surface area contributed by atoms with Crippen molar-refractivity contribution in [3.63, 3.8) is 0 Å². The second-order valence-corrected chi connectivity index (χ2v) is 16.7. The van der Waals surface area contributed by atoms with Crippen molar-refractivity contribution in [2.75, 3.05) is 4.90 Å². The number of carbonyl (C=O) groups excluding carboxylic acids is 4. The van der Waals surface area contributed by atoms with Crippen molar-refractivity contribution >= 4 is 74.1 Å². The first-order chi connectivity index (χ1) is 25.4. The number of hydrogen-bond donors (Lipinski definition) is 1. The number of fused-ring (bicyclic) bond motifs is 5. The molecule has 2 aliphatic carbocycles. The van der Waals surface area contributed by atoms with Crippen LogP contribution in [0.2, 0.25) is 10.0 Å². The fourth-order valence-corrected chi connectivity index (χ4v) is 11.0. The summed E-state index contributed by atoms with van der Waals surface area (Å²) in [6.07, 6.45) is 2.47. The summed E-state index contributed by atoms with van der Waals surface area (Å²) >= 11 is 14.4. The van der Waals surface area contributed by atoms with Crippen LogP contribution in [0.5, 0.6) is 5.75 Å². The fourth-order valence-electron chi connectivity index (χ4n) is 9.54. The number of allylic oxidation sites excluding steroid dienone is 2. The van der Waals surface area contributed by atoms with Crippen LogP contribution in [0, 0.1) is 36.0 Å². The third-order valence-corrected chi connectivity index (χ3v) is 13.8. The number of hydrogen-bond acceptors (Lipinski definition) is 7. The van der Waals surface area contributed by atoms with Crippen molar-refractivity contribution in [3.05, 3.63) is 111 Å². The minimum Gasteiger partial charge on any atom is -0.508 e. The van der Waals surface area contributed by atoms with Crippen LogP contribution in [0.4, 0.5) is 5.82 Å². The standard InChI is InChI=1S/C41H34Cl2N4O5S/c1-20-26-15-23(43)10-14-32(26)53-36(20)30-18-33(45(3)44-30)47-38(50)29-17-27-24(35(41(29,2)40(47)52)28-16-22(42)9-13-31(28)48)11-12-25-34(27)39(51)46(37(25)49)19-21-7-5-4-6-8-21/h4-11,13-16,18,25,27,29,34-35,48H,12,17,19H2,1-3H3/t25-,27+,29-,34-,35+,41+/m0/s1. The molecule has 12 heteroatoms. The number of halogens is 2. The first-order valence-electron chi connectivity index (χ1n) is 17.6. The normalized spacial score (nSPS) is 26.7. The predicted molar refractivity (Wildman–Crippen MR) is 204 cm³/mol. The molecule has 4 aliphatic rings. The molecular weight excluding hydrogens is 731 g/mol. The largest absolute Gasteiger partial charge is 0.508 e. The molecule has 9 nitrogen and oxygen atoms in total. The van der Waals surface area contributed by atoms with E-state index in [9.17, 15) is 19.5 Å². The molecule has 1 saturated carbocycles. The zero-order valence-electron chi connectivity index (χ0n) is 29.0. The van der Waals surface area contributed by atoms with Gasteiger partial charge in [0.1, 0.15) is 17.3 Å². The summed E-state index contributed by atoms with van der Waals surface area (Å²) in [6, 6.07) is 21.6. The van der Waals surface area contributed by atoms with E-state index in [-0.39, 0.29) is 30.5 Å². The molecule has 6 atom stereocenters. The van der Waals surface area contributed by atoms with Gasteiger partial charge in [-0.3, -0.25) is 28.8 Å². The zero-order valence-corrected chi connectivity index (χ0v) is 31.4. The molecule has 2 aliphatic heterocycles. The van der Waals surface area contributed by atoms with E-state index in [0.29, 0.717) is 33.5 Å². The Morgan fingerprint density at radius 1 is 0.925 bits per heavy atom. The maximum Gasteiger partial charge on any atom is 0.242 e. The Balaban J connectivity index is 1.14. The van der Waals surface area contributed by atoms with E-state index in [1.165, 1.54) is 15.9 Å². The van der Waals surface area contributed by atoms with Crippen molar-refractivity contribution in [2.24, 2.45) is 36.1 Å². The Bertz CT molecular complexity index is 2460. The number of amides is 4. The summed E-state index contributed by atoms with van der Waals surface area (Å²) in [7, 11) is 1.71. The van der Waals surface area contributed by atoms with Gasteiger partial charge >= 0.3 is 0 Å². The number of aryl methyl sites for hydroxylation is 2. The SMILES string of the molecule is Cc1c(-c2cc(N3C(=O)[C@@H]4C[C@@H]5C(=CC[C@@H]6C(=O)N(Cc7ccccc7)C(=O)[C@@H]65)[C@H](c5cc(Cl)ccc5O)[C@]4(C)C3=O)n(C)n2)sc2ccc(Cl)cc12. The second kappa shape index (κ2) is 12.1. The van der Waals surface area contributed by atoms with Gasteiger partial charge in [0, 0.05) is 39.3 Å². The molecule has 5 aromatic rings. The molecule has 0 bridgehead atoms. The molecular formula is C41H34Cl2N4O5S. The monoisotopic (exact) mass is 764 g/mol. The predicted octanol–water partition coefficient (Wildman–Crippen LogP) is 8.05. The molecule has 9 rings (SSSR count). The molecule has 0 radical (unpaired) electrons. The molecule has 3 aromatic carbocycles. The number of nitrogens with zero attached hydrogens (tertiary/aromatic N) is 4. The minimum absolute atomic E-state index is 0.0653. The van der Waals surface area contributed by atoms with Crippen LogP contribution >= 0.6 is 34.5 Å². The molecule has 2 saturated heterocycles. The van der Waals surface area contributed by atoms with Gasteiger partial charge in [-0.2, -0.15) is 5.10 Å². The lowest BCUT2D eigenvalue weighted by Crippen LogP contribution is -2.49. The minimum atomic E-state index is -1.35. The van der Waals surface area contributed by atoms with E-state index in [4.69, 9.17) is 28.3 Å². The molecule has 4 amide bonds. The van der Waals surface area contributed by atoms with Gasteiger partial charge in [0.05, 0.1) is 34.6 Å². The summed E-state index contributed by atoms with van der Waals surface area (Å²) in [4.78, 5) is 61.5. The number of aromatic hydroxyl groups is 1. The Kier molecular flexibility index (Phi) is 7.79. The van der Waals surface area contributed by atoms with Gasteiger partial charge < -0.3 is 5.11 Å². The molecule has 0 unspecified atom stereocenters. The van der Waals surface area contributed by atoms with Crippen molar-refractivity contribution in [2.45, 2.75) is 39.2 Å². The van der Waals surface area contributed by atoms with E-state index >= 15 is 4.79 Å². The molecule has 53 heavy (non-hydrogen) atoms. The summed E-state index contributed by atoms with van der Waals surface area (Å²) in [5, 5.41) is 18.2. The Morgan fingerprint density at radius 2 is 1.66 bits per heavy atom. The lowest BCUT2D eigenvalue weighted by Gasteiger charge is -2.49. The first-order valence-corrected chi connectivity index (χ1v) is 19.1. The molecule has 0 spiro atoms. The van der Waals surface area contributed by atoms with Gasteiger partial charge in [0.2, 0.25) is 23.6 Å². The molecule has 4 heterocycles. The first kappa shape index (κ1) is 34.0. The van der Waals surface area contributed by atoms with Gasteiger partial charge in [0.15, 0.2) is 0 Å². The highest BCUT2D eigenvalue weighted by Gasteiger charge is 2.68. The number of thiophene rings is 1. The number of carbonyl (C=O) groups is 4. The topological polar surface area (TPSA) is 113 Å². The van der Waals surface area contributed by atoms with E-state index < -0.39 is 46.8 Å². The Hall–Kier alpha value is -4.77. The molecule has 3 fully saturated rings. The molecule has 1 N–H and O–H groups in total. The Morgan fingerprint density at radius 3 is 2.43 bits per heavy atom. The number of phenols is 1. The smallest absolute Gasteiger partial charge is 0.242 e. The Labute approximate surface area is 319 Å². The number of anilines is 1. The van der Waals surface area contributed by atoms with Crippen LogP contribution in [-0.2, 0) is 32.8 Å².